The second kappa shape index (κ2) is 5.48. The van der Waals surface area contributed by atoms with Gasteiger partial charge in [0.05, 0.1) is 17.8 Å². The second-order valence-electron chi connectivity index (χ2n) is 7.38. The van der Waals surface area contributed by atoms with E-state index in [2.05, 4.69) is 36.5 Å². The Balaban J connectivity index is 1.46. The number of aromatic nitrogens is 2. The van der Waals surface area contributed by atoms with Gasteiger partial charge in [-0.2, -0.15) is 5.10 Å². The average Bonchev–Trinajstić information content (AvgIpc) is 3.17. The number of ether oxygens (including phenoxy) is 1. The van der Waals surface area contributed by atoms with Crippen molar-refractivity contribution in [3.63, 3.8) is 0 Å². The van der Waals surface area contributed by atoms with Crippen LogP contribution in [0.5, 0.6) is 0 Å². The number of fused-ring (bicyclic) bond motifs is 2. The summed E-state index contributed by atoms with van der Waals surface area (Å²) in [5.74, 6) is 0.440. The lowest BCUT2D eigenvalue weighted by Gasteiger charge is -2.54. The fraction of sp³-hybridized carbons (Fsp3) is 0.556. The normalized spacial score (nSPS) is 27.5. The van der Waals surface area contributed by atoms with E-state index >= 15 is 0 Å². The fourth-order valence-electron chi connectivity index (χ4n) is 4.33. The number of benzene rings is 1. The van der Waals surface area contributed by atoms with Gasteiger partial charge in [0, 0.05) is 41.6 Å². The van der Waals surface area contributed by atoms with Gasteiger partial charge in [0.15, 0.2) is 0 Å². The first-order valence-electron chi connectivity index (χ1n) is 8.65. The Morgan fingerprint density at radius 2 is 2.29 bits per heavy atom. The van der Waals surface area contributed by atoms with Crippen LogP contribution in [-0.4, -0.2) is 34.6 Å². The molecule has 1 aliphatic carbocycles. The second-order valence-corrected chi connectivity index (χ2v) is 7.38. The maximum Gasteiger partial charge on any atom is 0.319 e. The van der Waals surface area contributed by atoms with Crippen molar-refractivity contribution in [2.45, 2.75) is 45.9 Å². The van der Waals surface area contributed by atoms with E-state index < -0.39 is 0 Å². The van der Waals surface area contributed by atoms with Gasteiger partial charge in [-0.3, -0.25) is 4.68 Å². The molecule has 4 rings (SSSR count). The minimum absolute atomic E-state index is 0.0106. The molecule has 24 heavy (non-hydrogen) atoms. The van der Waals surface area contributed by atoms with Gasteiger partial charge >= 0.3 is 6.03 Å². The van der Waals surface area contributed by atoms with Crippen LogP contribution in [-0.2, 0) is 11.3 Å². The van der Waals surface area contributed by atoms with Gasteiger partial charge in [-0.05, 0) is 31.5 Å². The third-order valence-electron chi connectivity index (χ3n) is 5.59. The third-order valence-corrected chi connectivity index (χ3v) is 5.59. The lowest BCUT2D eigenvalue weighted by atomic mass is 9.57. The van der Waals surface area contributed by atoms with Gasteiger partial charge in [0.1, 0.15) is 0 Å². The zero-order valence-electron chi connectivity index (χ0n) is 14.4. The Labute approximate surface area is 141 Å². The Kier molecular flexibility index (Phi) is 3.53. The van der Waals surface area contributed by atoms with Crippen LogP contribution >= 0.6 is 0 Å². The van der Waals surface area contributed by atoms with Crippen molar-refractivity contribution >= 4 is 22.6 Å². The molecular formula is C18H24N4O2. The average molecular weight is 328 g/mol. The summed E-state index contributed by atoms with van der Waals surface area (Å²) in [4.78, 5) is 12.4. The van der Waals surface area contributed by atoms with Gasteiger partial charge in [0.2, 0.25) is 0 Å². The summed E-state index contributed by atoms with van der Waals surface area (Å²) in [5, 5.41) is 11.5. The molecule has 1 aromatic heterocycles. The van der Waals surface area contributed by atoms with E-state index in [1.165, 1.54) is 0 Å². The summed E-state index contributed by atoms with van der Waals surface area (Å²) in [6, 6.07) is 5.88. The van der Waals surface area contributed by atoms with Crippen LogP contribution in [0.15, 0.2) is 24.4 Å². The van der Waals surface area contributed by atoms with Crippen LogP contribution in [0.2, 0.25) is 0 Å². The van der Waals surface area contributed by atoms with Crippen LogP contribution in [0.1, 0.15) is 27.2 Å². The van der Waals surface area contributed by atoms with Crippen LogP contribution in [0.4, 0.5) is 10.5 Å². The van der Waals surface area contributed by atoms with Crippen molar-refractivity contribution in [1.82, 2.24) is 15.1 Å². The molecular weight excluding hydrogens is 304 g/mol. The number of hydrogen-bond acceptors (Lipinski definition) is 3. The predicted molar refractivity (Wildman–Crippen MR) is 93.0 cm³/mol. The first kappa shape index (κ1) is 15.4. The Bertz CT molecular complexity index is 782. The van der Waals surface area contributed by atoms with Crippen molar-refractivity contribution in [2.24, 2.45) is 11.3 Å². The summed E-state index contributed by atoms with van der Waals surface area (Å²) in [5.41, 5.74) is 1.80. The number of nitrogens with zero attached hydrogens (tertiary/aromatic N) is 2. The number of carbonyl (C=O) groups excluding carboxylic acids is 1. The first-order chi connectivity index (χ1) is 11.5. The predicted octanol–water partition coefficient (Wildman–Crippen LogP) is 2.99. The van der Waals surface area contributed by atoms with E-state index in [-0.39, 0.29) is 23.6 Å². The van der Waals surface area contributed by atoms with Gasteiger partial charge in [0.25, 0.3) is 0 Å². The molecule has 0 spiro atoms. The highest BCUT2D eigenvalue weighted by Gasteiger charge is 2.59. The number of nitrogens with one attached hydrogen (secondary N) is 2. The molecule has 0 bridgehead atoms. The smallest absolute Gasteiger partial charge is 0.319 e. The lowest BCUT2D eigenvalue weighted by Crippen LogP contribution is -2.67. The van der Waals surface area contributed by atoms with E-state index in [0.29, 0.717) is 5.92 Å². The molecule has 2 N–H and O–H groups in total. The molecule has 2 fully saturated rings. The van der Waals surface area contributed by atoms with Crippen molar-refractivity contribution in [1.29, 1.82) is 0 Å². The number of anilines is 1. The molecule has 1 aromatic carbocycles. The molecule has 6 heteroatoms. The SMILES string of the molecule is CCn1ncc2ccc(NC(=O)NC3C4CCOC4C3(C)C)cc21. The summed E-state index contributed by atoms with van der Waals surface area (Å²) in [6.45, 7) is 7.99. The summed E-state index contributed by atoms with van der Waals surface area (Å²) < 4.78 is 7.71. The molecule has 3 unspecified atom stereocenters. The zero-order chi connectivity index (χ0) is 16.9. The van der Waals surface area contributed by atoms with E-state index in [9.17, 15) is 4.79 Å². The first-order valence-corrected chi connectivity index (χ1v) is 8.65. The topological polar surface area (TPSA) is 68.2 Å². The highest BCUT2D eigenvalue weighted by atomic mass is 16.5. The molecule has 6 nitrogen and oxygen atoms in total. The van der Waals surface area contributed by atoms with E-state index in [0.717, 1.165) is 36.2 Å². The molecule has 128 valence electrons. The van der Waals surface area contributed by atoms with Gasteiger partial charge in [-0.15, -0.1) is 0 Å². The molecule has 2 heterocycles. The van der Waals surface area contributed by atoms with Crippen molar-refractivity contribution in [2.75, 3.05) is 11.9 Å². The highest BCUT2D eigenvalue weighted by molar-refractivity contribution is 5.92. The summed E-state index contributed by atoms with van der Waals surface area (Å²) in [7, 11) is 0. The monoisotopic (exact) mass is 328 g/mol. The summed E-state index contributed by atoms with van der Waals surface area (Å²) in [6.07, 6.45) is 3.15. The van der Waals surface area contributed by atoms with Gasteiger partial charge in [-0.25, -0.2) is 4.79 Å². The maximum atomic E-state index is 12.4. The quantitative estimate of drug-likeness (QED) is 0.910. The van der Waals surface area contributed by atoms with Gasteiger partial charge < -0.3 is 15.4 Å². The van der Waals surface area contributed by atoms with Crippen molar-refractivity contribution in [3.8, 4) is 0 Å². The van der Waals surface area contributed by atoms with Gasteiger partial charge in [-0.1, -0.05) is 13.8 Å². The van der Waals surface area contributed by atoms with Crippen LogP contribution in [0.3, 0.4) is 0 Å². The maximum absolute atomic E-state index is 12.4. The minimum atomic E-state index is -0.152. The Hall–Kier alpha value is -2.08. The largest absolute Gasteiger partial charge is 0.377 e. The number of amides is 2. The van der Waals surface area contributed by atoms with E-state index in [4.69, 9.17) is 4.74 Å². The molecule has 1 saturated heterocycles. The summed E-state index contributed by atoms with van der Waals surface area (Å²) >= 11 is 0. The standard InChI is InChI=1S/C18H24N4O2/c1-4-22-14-9-12(6-5-11(14)10-19-22)20-17(23)21-15-13-7-8-24-16(13)18(15,2)3/h5-6,9-10,13,15-16H,4,7-8H2,1-3H3,(H2,20,21,23). The van der Waals surface area contributed by atoms with Crippen molar-refractivity contribution in [3.05, 3.63) is 24.4 Å². The minimum Gasteiger partial charge on any atom is -0.377 e. The number of carbonyl (C=O) groups is 1. The third kappa shape index (κ3) is 2.28. The number of rotatable bonds is 3. The fourth-order valence-corrected chi connectivity index (χ4v) is 4.33. The molecule has 2 aliphatic rings. The molecule has 2 amide bonds. The number of urea groups is 1. The van der Waals surface area contributed by atoms with Crippen LogP contribution in [0, 0.1) is 11.3 Å². The Morgan fingerprint density at radius 3 is 3.08 bits per heavy atom. The van der Waals surface area contributed by atoms with E-state index in [1.54, 1.807) is 0 Å². The van der Waals surface area contributed by atoms with Crippen LogP contribution in [0.25, 0.3) is 10.9 Å². The molecule has 0 radical (unpaired) electrons. The molecule has 3 atom stereocenters. The molecule has 1 saturated carbocycles. The Morgan fingerprint density at radius 1 is 1.46 bits per heavy atom. The molecule has 1 aliphatic heterocycles. The number of hydrogen-bond donors (Lipinski definition) is 2. The zero-order valence-corrected chi connectivity index (χ0v) is 14.4. The highest BCUT2D eigenvalue weighted by Crippen LogP contribution is 2.52. The lowest BCUT2D eigenvalue weighted by molar-refractivity contribution is -0.107. The number of aryl methyl sites for hydroxylation is 1. The van der Waals surface area contributed by atoms with E-state index in [1.807, 2.05) is 29.1 Å². The van der Waals surface area contributed by atoms with Crippen molar-refractivity contribution < 1.29 is 9.53 Å². The molecule has 2 aromatic rings. The van der Waals surface area contributed by atoms with Crippen LogP contribution < -0.4 is 10.6 Å².